The Morgan fingerprint density at radius 3 is 2.08 bits per heavy atom. The minimum Gasteiger partial charge on any atom is -0.479 e. The summed E-state index contributed by atoms with van der Waals surface area (Å²) in [7, 11) is 0. The Balaban J connectivity index is 1.64. The molecule has 6 N–H and O–H groups in total. The molecule has 1 aromatic carbocycles. The van der Waals surface area contributed by atoms with Crippen molar-refractivity contribution in [1.29, 1.82) is 0 Å². The van der Waals surface area contributed by atoms with E-state index in [1.165, 1.54) is 12.1 Å². The number of ketones is 1. The highest BCUT2D eigenvalue weighted by Gasteiger charge is 2.37. The van der Waals surface area contributed by atoms with Crippen LogP contribution in [0.4, 0.5) is 4.79 Å². The molecule has 49 heavy (non-hydrogen) atoms. The summed E-state index contributed by atoms with van der Waals surface area (Å²) in [6.07, 6.45) is 6.33. The number of hydrogen-bond acceptors (Lipinski definition) is 8. The minimum atomic E-state index is -1.36. The Bertz CT molecular complexity index is 1310. The van der Waals surface area contributed by atoms with Crippen LogP contribution in [-0.2, 0) is 33.5 Å². The van der Waals surface area contributed by atoms with Crippen molar-refractivity contribution in [3.8, 4) is 0 Å². The Hall–Kier alpha value is -4.49. The van der Waals surface area contributed by atoms with E-state index in [4.69, 9.17) is 4.74 Å². The second-order valence-corrected chi connectivity index (χ2v) is 13.4. The first-order valence-corrected chi connectivity index (χ1v) is 17.3. The van der Waals surface area contributed by atoms with E-state index >= 15 is 0 Å². The van der Waals surface area contributed by atoms with Gasteiger partial charge in [0.15, 0.2) is 6.04 Å². The number of benzene rings is 1. The van der Waals surface area contributed by atoms with Gasteiger partial charge in [0.1, 0.15) is 12.1 Å². The summed E-state index contributed by atoms with van der Waals surface area (Å²) in [6.45, 7) is 5.11. The molecular formula is C35H51N5O9. The maximum absolute atomic E-state index is 13.7. The second-order valence-electron chi connectivity index (χ2n) is 13.4. The van der Waals surface area contributed by atoms with Crippen molar-refractivity contribution < 1.29 is 43.4 Å². The van der Waals surface area contributed by atoms with Crippen molar-refractivity contribution in [2.24, 2.45) is 17.8 Å². The highest BCUT2D eigenvalue weighted by molar-refractivity contribution is 6.38. The number of alkyl carbamates (subject to hydrolysis) is 1. The van der Waals surface area contributed by atoms with Crippen LogP contribution in [0.15, 0.2) is 30.3 Å². The predicted octanol–water partition coefficient (Wildman–Crippen LogP) is 2.51. The Morgan fingerprint density at radius 2 is 1.49 bits per heavy atom. The fourth-order valence-corrected chi connectivity index (χ4v) is 5.84. The van der Waals surface area contributed by atoms with E-state index in [9.17, 15) is 38.7 Å². The van der Waals surface area contributed by atoms with Gasteiger partial charge in [0.25, 0.3) is 5.91 Å². The summed E-state index contributed by atoms with van der Waals surface area (Å²) in [5.74, 6) is -5.17. The van der Waals surface area contributed by atoms with Gasteiger partial charge in [-0.2, -0.15) is 0 Å². The summed E-state index contributed by atoms with van der Waals surface area (Å²) in [6, 6.07) is 3.52. The van der Waals surface area contributed by atoms with E-state index in [-0.39, 0.29) is 30.8 Å². The summed E-state index contributed by atoms with van der Waals surface area (Å²) in [4.78, 5) is 90.0. The van der Waals surface area contributed by atoms with Gasteiger partial charge >= 0.3 is 12.1 Å². The van der Waals surface area contributed by atoms with Crippen molar-refractivity contribution in [1.82, 2.24) is 26.6 Å². The van der Waals surface area contributed by atoms with E-state index in [0.29, 0.717) is 18.4 Å². The molecule has 2 aliphatic carbocycles. The van der Waals surface area contributed by atoms with Gasteiger partial charge in [0.05, 0.1) is 19.2 Å². The van der Waals surface area contributed by atoms with Crippen LogP contribution in [0.3, 0.4) is 0 Å². The van der Waals surface area contributed by atoms with Crippen molar-refractivity contribution in [2.75, 3.05) is 13.2 Å². The molecular weight excluding hydrogens is 634 g/mol. The van der Waals surface area contributed by atoms with Gasteiger partial charge in [0.2, 0.25) is 23.5 Å². The SMILES string of the molecule is CCCC(NC(=O)[C@H](CC1CC1)NC(=O)[C@@H](NC(=O)OCC(C)C)C1CCCCC1)C(=O)C(=O)NCC(=O)N[C@H](C(=O)O)c1ccccc1. The smallest absolute Gasteiger partial charge is 0.407 e. The standard InChI is InChI=1S/C35H51N5O9/c1-4-11-25(30(42)33(45)36-19-27(41)39-29(34(46)47)24-14-9-6-10-15-24)37-31(43)26(18-22-16-17-22)38-32(44)28(23-12-7-5-8-13-23)40-35(48)49-20-21(2)3/h6,9-10,14-15,21-23,25-26,28-29H,4-5,7-8,11-13,16-20H2,1-3H3,(H,36,45)(H,37,43)(H,38,44)(H,39,41)(H,40,48)(H,46,47)/t25?,26-,28-,29-/m0/s1. The van der Waals surface area contributed by atoms with Crippen molar-refractivity contribution in [3.05, 3.63) is 35.9 Å². The third kappa shape index (κ3) is 13.1. The van der Waals surface area contributed by atoms with Gasteiger partial charge in [-0.1, -0.05) is 89.6 Å². The third-order valence-corrected chi connectivity index (χ3v) is 8.65. The molecule has 1 aromatic rings. The number of hydrogen-bond donors (Lipinski definition) is 6. The first-order valence-electron chi connectivity index (χ1n) is 17.3. The number of carboxylic acids is 1. The molecule has 0 aliphatic heterocycles. The second kappa shape index (κ2) is 19.5. The Kier molecular flexibility index (Phi) is 15.5. The number of amides is 5. The predicted molar refractivity (Wildman–Crippen MR) is 179 cm³/mol. The zero-order valence-corrected chi connectivity index (χ0v) is 28.6. The number of aliphatic carboxylic acids is 1. The molecule has 0 spiro atoms. The Labute approximate surface area is 287 Å². The van der Waals surface area contributed by atoms with Gasteiger partial charge in [-0.25, -0.2) is 9.59 Å². The van der Waals surface area contributed by atoms with Gasteiger partial charge in [-0.05, 0) is 49.0 Å². The van der Waals surface area contributed by atoms with Crippen LogP contribution in [0, 0.1) is 17.8 Å². The maximum atomic E-state index is 13.7. The molecule has 0 heterocycles. The van der Waals surface area contributed by atoms with E-state index < -0.39 is 72.2 Å². The van der Waals surface area contributed by atoms with Crippen LogP contribution < -0.4 is 26.6 Å². The monoisotopic (exact) mass is 685 g/mol. The van der Waals surface area contributed by atoms with Crippen molar-refractivity contribution >= 4 is 41.5 Å². The van der Waals surface area contributed by atoms with Crippen LogP contribution in [0.5, 0.6) is 0 Å². The Morgan fingerprint density at radius 1 is 0.837 bits per heavy atom. The lowest BCUT2D eigenvalue weighted by Gasteiger charge is -2.31. The molecule has 0 radical (unpaired) electrons. The maximum Gasteiger partial charge on any atom is 0.407 e. The van der Waals surface area contributed by atoms with E-state index in [0.717, 1.165) is 44.9 Å². The zero-order chi connectivity index (χ0) is 35.9. The highest BCUT2D eigenvalue weighted by atomic mass is 16.5. The lowest BCUT2D eigenvalue weighted by atomic mass is 9.83. The molecule has 0 bridgehead atoms. The van der Waals surface area contributed by atoms with Crippen molar-refractivity contribution in [2.45, 2.75) is 109 Å². The summed E-state index contributed by atoms with van der Waals surface area (Å²) in [5, 5.41) is 22.2. The number of carbonyl (C=O) groups excluding carboxylic acids is 6. The first-order chi connectivity index (χ1) is 23.4. The van der Waals surface area contributed by atoms with E-state index in [2.05, 4.69) is 26.6 Å². The van der Waals surface area contributed by atoms with Crippen LogP contribution >= 0.6 is 0 Å². The molecule has 2 saturated carbocycles. The summed E-state index contributed by atoms with van der Waals surface area (Å²) < 4.78 is 5.28. The number of rotatable bonds is 19. The number of Topliss-reactive ketones (excluding diaryl/α,β-unsaturated/α-hetero) is 1. The van der Waals surface area contributed by atoms with Crippen LogP contribution in [-0.4, -0.2) is 77.9 Å². The quantitative estimate of drug-likeness (QED) is 0.118. The average molecular weight is 686 g/mol. The lowest BCUT2D eigenvalue weighted by Crippen LogP contribution is -2.58. The van der Waals surface area contributed by atoms with Crippen LogP contribution in [0.2, 0.25) is 0 Å². The number of carbonyl (C=O) groups is 7. The van der Waals surface area contributed by atoms with Crippen molar-refractivity contribution in [3.63, 3.8) is 0 Å². The van der Waals surface area contributed by atoms with Gasteiger partial charge in [-0.3, -0.25) is 24.0 Å². The average Bonchev–Trinajstić information content (AvgIpc) is 3.91. The molecule has 2 aliphatic rings. The third-order valence-electron chi connectivity index (χ3n) is 8.65. The molecule has 14 nitrogen and oxygen atoms in total. The number of nitrogens with one attached hydrogen (secondary N) is 5. The zero-order valence-electron chi connectivity index (χ0n) is 28.6. The minimum absolute atomic E-state index is 0.112. The molecule has 270 valence electrons. The lowest BCUT2D eigenvalue weighted by molar-refractivity contribution is -0.142. The van der Waals surface area contributed by atoms with E-state index in [1.807, 2.05) is 13.8 Å². The first kappa shape index (κ1) is 39.0. The molecule has 1 unspecified atom stereocenters. The molecule has 14 heteroatoms. The number of ether oxygens (including phenoxy) is 1. The molecule has 4 atom stereocenters. The van der Waals surface area contributed by atoms with Gasteiger partial charge in [0, 0.05) is 0 Å². The molecule has 3 rings (SSSR count). The van der Waals surface area contributed by atoms with Crippen LogP contribution in [0.25, 0.3) is 0 Å². The molecule has 5 amide bonds. The molecule has 0 saturated heterocycles. The fourth-order valence-electron chi connectivity index (χ4n) is 5.84. The van der Waals surface area contributed by atoms with Crippen LogP contribution in [0.1, 0.15) is 96.6 Å². The summed E-state index contributed by atoms with van der Waals surface area (Å²) >= 11 is 0. The topological polar surface area (TPSA) is 209 Å². The number of carboxylic acid groups (broad SMARTS) is 1. The highest BCUT2D eigenvalue weighted by Crippen LogP contribution is 2.34. The van der Waals surface area contributed by atoms with E-state index in [1.54, 1.807) is 25.1 Å². The van der Waals surface area contributed by atoms with Gasteiger partial charge < -0.3 is 36.4 Å². The normalized spacial score (nSPS) is 17.1. The largest absolute Gasteiger partial charge is 0.479 e. The fraction of sp³-hybridized carbons (Fsp3) is 0.629. The summed E-state index contributed by atoms with van der Waals surface area (Å²) in [5.41, 5.74) is 0.330. The van der Waals surface area contributed by atoms with Gasteiger partial charge in [-0.15, -0.1) is 0 Å². The molecule has 2 fully saturated rings. The molecule has 0 aromatic heterocycles.